The number of nitrogens with one attached hydrogen (secondary N) is 1. The highest BCUT2D eigenvalue weighted by molar-refractivity contribution is 8.00. The number of hydrogen-bond acceptors (Lipinski definition) is 6. The van der Waals surface area contributed by atoms with Crippen molar-refractivity contribution in [1.29, 1.82) is 0 Å². The number of anilines is 1. The summed E-state index contributed by atoms with van der Waals surface area (Å²) in [6.07, 6.45) is 0.709. The highest BCUT2D eigenvalue weighted by atomic mass is 35.5. The Morgan fingerprint density at radius 2 is 1.76 bits per heavy atom. The summed E-state index contributed by atoms with van der Waals surface area (Å²) in [6, 6.07) is 21.5. The van der Waals surface area contributed by atoms with E-state index in [-0.39, 0.29) is 44.0 Å². The lowest BCUT2D eigenvalue weighted by Crippen LogP contribution is -2.31. The van der Waals surface area contributed by atoms with Crippen molar-refractivity contribution >= 4 is 44.8 Å². The Morgan fingerprint density at radius 1 is 1.06 bits per heavy atom. The zero-order chi connectivity index (χ0) is 24.0. The number of nitro benzene ring substituents is 1. The van der Waals surface area contributed by atoms with E-state index >= 15 is 0 Å². The predicted octanol–water partition coefficient (Wildman–Crippen LogP) is 5.28. The third-order valence-electron chi connectivity index (χ3n) is 6.61. The van der Waals surface area contributed by atoms with Crippen molar-refractivity contribution in [3.63, 3.8) is 0 Å². The summed E-state index contributed by atoms with van der Waals surface area (Å²) in [5, 5.41) is 20.1. The summed E-state index contributed by atoms with van der Waals surface area (Å²) in [7, 11) is -3.88. The van der Waals surface area contributed by atoms with Crippen molar-refractivity contribution in [3.05, 3.63) is 94.0 Å². The summed E-state index contributed by atoms with van der Waals surface area (Å²) in [5.41, 5.74) is 2.80. The summed E-state index contributed by atoms with van der Waals surface area (Å²) in [6.45, 7) is 0. The minimum absolute atomic E-state index is 0.0309. The molecule has 5 atom stereocenters. The Morgan fingerprint density at radius 3 is 2.47 bits per heavy atom. The first-order valence-corrected chi connectivity index (χ1v) is 13.6. The molecule has 10 heteroatoms. The molecule has 0 aromatic heterocycles. The average molecular weight is 516 g/mol. The van der Waals surface area contributed by atoms with Crippen LogP contribution in [0.3, 0.4) is 0 Å². The summed E-state index contributed by atoms with van der Waals surface area (Å²) >= 11 is 8.50. The number of hydrogen-bond donors (Lipinski definition) is 2. The molecule has 0 saturated heterocycles. The molecule has 0 bridgehead atoms. The van der Waals surface area contributed by atoms with Gasteiger partial charge in [0.15, 0.2) is 0 Å². The number of primary sulfonamides is 1. The first-order chi connectivity index (χ1) is 16.2. The molecule has 3 aromatic rings. The Bertz CT molecular complexity index is 1350. The van der Waals surface area contributed by atoms with Crippen LogP contribution in [0.1, 0.15) is 29.5 Å². The Hall–Kier alpha value is -2.59. The molecule has 2 aliphatic rings. The van der Waals surface area contributed by atoms with Gasteiger partial charge in [0, 0.05) is 22.9 Å². The van der Waals surface area contributed by atoms with Crippen LogP contribution in [0.5, 0.6) is 0 Å². The van der Waals surface area contributed by atoms with Crippen molar-refractivity contribution < 1.29 is 13.3 Å². The number of nitrogens with zero attached hydrogens (tertiary/aromatic N) is 1. The summed E-state index contributed by atoms with van der Waals surface area (Å²) < 4.78 is 24.1. The van der Waals surface area contributed by atoms with Crippen molar-refractivity contribution in [3.8, 4) is 0 Å². The topological polar surface area (TPSA) is 115 Å². The number of rotatable bonds is 5. The van der Waals surface area contributed by atoms with Crippen LogP contribution in [0, 0.1) is 16.0 Å². The fourth-order valence-corrected chi connectivity index (χ4v) is 7.63. The lowest BCUT2D eigenvalue weighted by Gasteiger charge is -2.38. The molecule has 3 N–H and O–H groups in total. The van der Waals surface area contributed by atoms with Gasteiger partial charge < -0.3 is 5.32 Å². The maximum Gasteiger partial charge on any atom is 0.282 e. The molecule has 1 fully saturated rings. The Kier molecular flexibility index (Phi) is 6.05. The first-order valence-electron chi connectivity index (χ1n) is 10.8. The second kappa shape index (κ2) is 8.88. The van der Waals surface area contributed by atoms with E-state index in [0.717, 1.165) is 16.8 Å². The number of alkyl halides is 1. The van der Waals surface area contributed by atoms with Crippen LogP contribution in [-0.2, 0) is 10.0 Å². The second-order valence-corrected chi connectivity index (χ2v) is 11.9. The third kappa shape index (κ3) is 4.17. The third-order valence-corrected chi connectivity index (χ3v) is 9.64. The molecule has 1 aliphatic heterocycles. The van der Waals surface area contributed by atoms with Crippen LogP contribution < -0.4 is 10.5 Å². The number of thioether (sulfide) groups is 1. The van der Waals surface area contributed by atoms with Crippen LogP contribution in [0.4, 0.5) is 11.4 Å². The fraction of sp³-hybridized carbons (Fsp3) is 0.250. The van der Waals surface area contributed by atoms with Crippen LogP contribution in [0.15, 0.2) is 82.6 Å². The Balaban J connectivity index is 1.57. The molecule has 0 radical (unpaired) electrons. The predicted molar refractivity (Wildman–Crippen MR) is 134 cm³/mol. The standard InChI is InChI=1S/C24H22ClN3O4S2/c25-23-21(33-20-9-5-4-8-19(20)28(29)30)13-17-22(23)16-12-15(34(26,31)32)10-11-18(16)27-24(17)14-6-2-1-3-7-14/h1-12,17,21-24,27H,13H2,(H2,26,31,32)/t17-,21+,22-,23+,24+/m0/s1. The van der Waals surface area contributed by atoms with Gasteiger partial charge in [-0.2, -0.15) is 0 Å². The number of fused-ring (bicyclic) bond motifs is 3. The molecule has 1 saturated carbocycles. The largest absolute Gasteiger partial charge is 0.378 e. The second-order valence-electron chi connectivity index (χ2n) is 8.58. The molecule has 0 spiro atoms. The molecule has 5 rings (SSSR count). The zero-order valence-electron chi connectivity index (χ0n) is 17.9. The van der Waals surface area contributed by atoms with Gasteiger partial charge in [-0.3, -0.25) is 10.1 Å². The smallest absolute Gasteiger partial charge is 0.282 e. The van der Waals surface area contributed by atoms with Gasteiger partial charge in [0.05, 0.1) is 26.1 Å². The number of para-hydroxylation sites is 1. The maximum absolute atomic E-state index is 12.0. The normalized spacial score (nSPS) is 25.8. The highest BCUT2D eigenvalue weighted by Gasteiger charge is 2.50. The van der Waals surface area contributed by atoms with E-state index in [1.165, 1.54) is 23.9 Å². The molecule has 7 nitrogen and oxygen atoms in total. The molecule has 1 heterocycles. The lowest BCUT2D eigenvalue weighted by molar-refractivity contribution is -0.387. The highest BCUT2D eigenvalue weighted by Crippen LogP contribution is 2.58. The summed E-state index contributed by atoms with van der Waals surface area (Å²) in [5.74, 6) is -0.0847. The fourth-order valence-electron chi connectivity index (χ4n) is 5.13. The van der Waals surface area contributed by atoms with Gasteiger partial charge in [-0.15, -0.1) is 23.4 Å². The van der Waals surface area contributed by atoms with Gasteiger partial charge in [-0.1, -0.05) is 42.5 Å². The quantitative estimate of drug-likeness (QED) is 0.271. The van der Waals surface area contributed by atoms with Crippen molar-refractivity contribution in [2.45, 2.75) is 38.8 Å². The number of nitrogens with two attached hydrogens (primary N) is 1. The number of halogens is 1. The van der Waals surface area contributed by atoms with Crippen molar-refractivity contribution in [1.82, 2.24) is 0 Å². The Labute approximate surface area is 206 Å². The zero-order valence-corrected chi connectivity index (χ0v) is 20.3. The van der Waals surface area contributed by atoms with Crippen LogP contribution in [-0.4, -0.2) is 24.0 Å². The number of benzene rings is 3. The minimum atomic E-state index is -3.88. The molecule has 176 valence electrons. The van der Waals surface area contributed by atoms with Crippen molar-refractivity contribution in [2.24, 2.45) is 11.1 Å². The van der Waals surface area contributed by atoms with Gasteiger partial charge in [0.1, 0.15) is 0 Å². The molecule has 0 unspecified atom stereocenters. The maximum atomic E-state index is 12.0. The molecular weight excluding hydrogens is 494 g/mol. The van der Waals surface area contributed by atoms with Gasteiger partial charge in [-0.25, -0.2) is 13.6 Å². The monoisotopic (exact) mass is 515 g/mol. The molecule has 3 aromatic carbocycles. The summed E-state index contributed by atoms with van der Waals surface area (Å²) in [4.78, 5) is 11.8. The van der Waals surface area contributed by atoms with Crippen LogP contribution in [0.25, 0.3) is 0 Å². The van der Waals surface area contributed by atoms with Gasteiger partial charge in [0.25, 0.3) is 5.69 Å². The van der Waals surface area contributed by atoms with E-state index in [1.54, 1.807) is 30.3 Å². The molecule has 34 heavy (non-hydrogen) atoms. The van der Waals surface area contributed by atoms with E-state index in [2.05, 4.69) is 17.4 Å². The molecular formula is C24H22ClN3O4S2. The van der Waals surface area contributed by atoms with E-state index in [9.17, 15) is 18.5 Å². The van der Waals surface area contributed by atoms with Gasteiger partial charge in [0.2, 0.25) is 10.0 Å². The van der Waals surface area contributed by atoms with Crippen LogP contribution in [0.2, 0.25) is 0 Å². The van der Waals surface area contributed by atoms with Gasteiger partial charge in [-0.05, 0) is 47.7 Å². The van der Waals surface area contributed by atoms with Gasteiger partial charge >= 0.3 is 0 Å². The lowest BCUT2D eigenvalue weighted by atomic mass is 9.77. The van der Waals surface area contributed by atoms with E-state index in [0.29, 0.717) is 11.3 Å². The van der Waals surface area contributed by atoms with Crippen molar-refractivity contribution in [2.75, 3.05) is 5.32 Å². The number of nitro groups is 1. The van der Waals surface area contributed by atoms with E-state index in [4.69, 9.17) is 16.7 Å². The average Bonchev–Trinajstić information content (AvgIpc) is 3.14. The molecule has 1 aliphatic carbocycles. The molecule has 0 amide bonds. The van der Waals surface area contributed by atoms with Crippen LogP contribution >= 0.6 is 23.4 Å². The van der Waals surface area contributed by atoms with E-state index in [1.807, 2.05) is 18.2 Å². The first kappa shape index (κ1) is 23.2. The number of sulfonamides is 1. The SMILES string of the molecule is NS(=O)(=O)c1ccc2c(c1)[C@@H]1[C@H](Cl)[C@H](Sc3ccccc3[N+](=O)[O-])C[C@@H]1[C@@H](c1ccccc1)N2. The minimum Gasteiger partial charge on any atom is -0.378 e. The van der Waals surface area contributed by atoms with E-state index < -0.39 is 10.0 Å².